The average molecular weight is 1670 g/mol. The average Bonchev–Trinajstić information content (AvgIpc) is 1.61. The fourth-order valence-corrected chi connectivity index (χ4v) is 26.7. The molecule has 0 N–H and O–H groups in total. The van der Waals surface area contributed by atoms with Crippen molar-refractivity contribution in [3.05, 3.63) is 332 Å². The van der Waals surface area contributed by atoms with Gasteiger partial charge in [0.1, 0.15) is 23.0 Å². The van der Waals surface area contributed by atoms with Crippen LogP contribution in [-0.2, 0) is 20.8 Å². The Morgan fingerprint density at radius 3 is 0.694 bits per heavy atom. The van der Waals surface area contributed by atoms with E-state index in [0.29, 0.717) is 0 Å². The van der Waals surface area contributed by atoms with E-state index in [9.17, 15) is 0 Å². The summed E-state index contributed by atoms with van der Waals surface area (Å²) in [6, 6.07) is 63.6. The second kappa shape index (κ2) is 32.5. The van der Waals surface area contributed by atoms with Gasteiger partial charge in [0.15, 0.2) is 0 Å². The van der Waals surface area contributed by atoms with E-state index in [1.54, 1.807) is 0 Å². The molecule has 0 amide bonds. The van der Waals surface area contributed by atoms with Gasteiger partial charge in [0.05, 0.1) is 0 Å². The van der Waals surface area contributed by atoms with Crippen LogP contribution in [0.2, 0.25) is 91.7 Å². The minimum atomic E-state index is -1.71. The topological polar surface area (TPSA) is 36.9 Å². The molecule has 4 atom stereocenters. The molecular formula is C98H102Cl2O4Si6Zr-4. The van der Waals surface area contributed by atoms with Crippen LogP contribution < -0.4 is 38.5 Å². The Balaban J connectivity index is 0.000000178. The number of hydrogen-bond donors (Lipinski definition) is 0. The quantitative estimate of drug-likeness (QED) is 0.0714. The third-order valence-electron chi connectivity index (χ3n) is 21.5. The molecule has 0 fully saturated rings. The zero-order valence-corrected chi connectivity index (χ0v) is 77.6. The number of fused-ring (bicyclic) bond motifs is 8. The molecule has 12 aromatic carbocycles. The van der Waals surface area contributed by atoms with Crippen LogP contribution in [0.25, 0.3) is 67.4 Å². The summed E-state index contributed by atoms with van der Waals surface area (Å²) in [6.45, 7) is 41.2. The number of aryl methyl sites for hydroxylation is 4. The molecule has 4 nitrogen and oxygen atoms in total. The summed E-state index contributed by atoms with van der Waals surface area (Å²) in [6.07, 6.45) is 37.0. The first-order valence-electron chi connectivity index (χ1n) is 39.0. The van der Waals surface area contributed by atoms with Crippen molar-refractivity contribution in [2.24, 2.45) is 0 Å². The zero-order valence-electron chi connectivity index (χ0n) is 67.6. The summed E-state index contributed by atoms with van der Waals surface area (Å²) in [5.74, 6) is 4.55. The molecule has 0 spiro atoms. The maximum atomic E-state index is 6.38. The second-order valence-corrected chi connectivity index (χ2v) is 60.2. The standard InChI is InChI=1S/2C49H51O2Si3.2ClH.Zr/c2*1-32-28-46-42(40-22-14-16-34-30-36(24-26-38(34)40)50-53(4,5)6)18-10-12-20-44(46)48(32)52(3)49-33(2)29-47-43(19-11-13-21-45(47)49)41-23-15-17-35-31-37(25-27-39(35)41)51-54(7,8)9;;;/h2*10-31,42-43H,1-9H3;2*1H;/q2*-2;;;+2/p-2. The maximum absolute atomic E-state index is 6.38. The van der Waals surface area contributed by atoms with Gasteiger partial charge in [-0.25, -0.2) is 0 Å². The Hall–Kier alpha value is -7.92. The number of halogens is 2. The molecule has 4 unspecified atom stereocenters. The molecule has 16 rings (SSSR count). The Morgan fingerprint density at radius 2 is 0.495 bits per heavy atom. The molecule has 2 radical (unpaired) electrons. The molecule has 0 saturated carbocycles. The molecule has 4 aliphatic carbocycles. The van der Waals surface area contributed by atoms with Crippen LogP contribution in [0.3, 0.4) is 0 Å². The van der Waals surface area contributed by atoms with Gasteiger partial charge >= 0.3 is 37.9 Å². The van der Waals surface area contributed by atoms with Crippen molar-refractivity contribution in [2.75, 3.05) is 0 Å². The van der Waals surface area contributed by atoms with Crippen LogP contribution in [0, 0.1) is 27.7 Å². The summed E-state index contributed by atoms with van der Waals surface area (Å²) in [7, 11) is 0.732. The zero-order chi connectivity index (χ0) is 78.6. The molecule has 564 valence electrons. The molecule has 4 aliphatic rings. The third-order valence-corrected chi connectivity index (χ3v) is 30.6. The van der Waals surface area contributed by atoms with Gasteiger partial charge in [0, 0.05) is 17.6 Å². The molecular weight excluding hydrogens is 1570 g/mol. The van der Waals surface area contributed by atoms with E-state index in [1.165, 1.54) is 153 Å². The summed E-state index contributed by atoms with van der Waals surface area (Å²) in [5, 5.41) is 16.2. The van der Waals surface area contributed by atoms with Crippen LogP contribution in [0.1, 0.15) is 113 Å². The first-order valence-corrected chi connectivity index (χ1v) is 63.0. The minimum absolute atomic E-state index is 0.166. The normalized spacial score (nSPS) is 16.5. The van der Waals surface area contributed by atoms with E-state index in [0.717, 1.165) is 23.0 Å². The second-order valence-electron chi connectivity index (χ2n) is 34.3. The van der Waals surface area contributed by atoms with Gasteiger partial charge in [-0.1, -0.05) is 186 Å². The van der Waals surface area contributed by atoms with Gasteiger partial charge in [-0.15, -0.1) is 91.6 Å². The van der Waals surface area contributed by atoms with E-state index in [2.05, 4.69) is 386 Å². The molecule has 0 aromatic heterocycles. The van der Waals surface area contributed by atoms with Crippen LogP contribution in [0.15, 0.2) is 243 Å². The fourth-order valence-electron chi connectivity index (χ4n) is 17.7. The summed E-state index contributed by atoms with van der Waals surface area (Å²) in [5.41, 5.74) is 22.2. The SMILES string of the molecule is Cc1cc2c([c-]1[Si](C)[c-]1c(C)cc3c1C=CC=CC3c1cccc3cc(O[Si](C)(C)C)ccc13)C=CC=CC2c1cccc2cc(O[Si](C)(C)C)ccc12.Cc1cc2c([c-]1[Si](C)[c-]1c(C)cc3c1C=CC=CC3c1cccc3cc(O[Si](C)(C)C)ccc13)C=CC=CC2c1cccc2cc(O[Si](C)(C)C)ccc12.[Cl][Zr][Cl]. The van der Waals surface area contributed by atoms with Gasteiger partial charge < -0.3 is 17.7 Å². The molecule has 111 heavy (non-hydrogen) atoms. The van der Waals surface area contributed by atoms with Crippen molar-refractivity contribution in [3.63, 3.8) is 0 Å². The number of rotatable bonds is 16. The predicted octanol–water partition coefficient (Wildman–Crippen LogP) is 25.7. The van der Waals surface area contributed by atoms with Crippen molar-refractivity contribution < 1.29 is 38.6 Å². The number of allylic oxidation sites excluding steroid dienone is 12. The van der Waals surface area contributed by atoms with E-state index < -0.39 is 71.7 Å². The van der Waals surface area contributed by atoms with E-state index in [1.807, 2.05) is 0 Å². The van der Waals surface area contributed by atoms with Crippen LogP contribution >= 0.6 is 17.0 Å². The van der Waals surface area contributed by atoms with Crippen molar-refractivity contribution in [1.82, 2.24) is 0 Å². The first-order chi connectivity index (χ1) is 52.9. The van der Waals surface area contributed by atoms with E-state index >= 15 is 0 Å². The van der Waals surface area contributed by atoms with Gasteiger partial charge in [-0.2, -0.15) is 68.8 Å². The number of hydrogen-bond acceptors (Lipinski definition) is 4. The summed E-state index contributed by atoms with van der Waals surface area (Å²) in [4.78, 5) is 0. The van der Waals surface area contributed by atoms with Crippen LogP contribution in [0.5, 0.6) is 23.0 Å². The molecule has 0 saturated heterocycles. The molecule has 0 aliphatic heterocycles. The number of benzene rings is 8. The molecule has 0 bridgehead atoms. The molecule has 0 heterocycles. The summed E-state index contributed by atoms with van der Waals surface area (Å²) < 4.78 is 25.5. The van der Waals surface area contributed by atoms with Crippen LogP contribution in [-0.4, -0.2) is 50.9 Å². The van der Waals surface area contributed by atoms with Gasteiger partial charge in [-0.3, -0.25) is 0 Å². The first kappa shape index (κ1) is 79.7. The van der Waals surface area contributed by atoms with Crippen molar-refractivity contribution >= 4 is 156 Å². The Labute approximate surface area is 686 Å². The monoisotopic (exact) mass is 1670 g/mol. The van der Waals surface area contributed by atoms with Gasteiger partial charge in [-0.05, 0) is 216 Å². The fraction of sp³-hybridized carbons (Fsp3) is 0.224. The Kier molecular flexibility index (Phi) is 23.4. The Bertz CT molecular complexity index is 5090. The molecule has 12 aromatic rings. The molecule has 13 heteroatoms. The van der Waals surface area contributed by atoms with E-state index in [-0.39, 0.29) is 23.7 Å². The Morgan fingerprint density at radius 1 is 0.288 bits per heavy atom. The van der Waals surface area contributed by atoms with Gasteiger partial charge in [0.25, 0.3) is 0 Å². The van der Waals surface area contributed by atoms with Crippen molar-refractivity contribution in [3.8, 4) is 23.0 Å². The summed E-state index contributed by atoms with van der Waals surface area (Å²) >= 11 is -0.826. The predicted molar refractivity (Wildman–Crippen MR) is 492 cm³/mol. The van der Waals surface area contributed by atoms with Crippen molar-refractivity contribution in [1.29, 1.82) is 0 Å². The van der Waals surface area contributed by atoms with Crippen molar-refractivity contribution in [2.45, 2.75) is 143 Å². The van der Waals surface area contributed by atoms with Gasteiger partial charge in [0.2, 0.25) is 33.3 Å². The van der Waals surface area contributed by atoms with Crippen LogP contribution in [0.4, 0.5) is 0 Å². The van der Waals surface area contributed by atoms with E-state index in [4.69, 9.17) is 34.7 Å². The third kappa shape index (κ3) is 17.2.